The number of ether oxygens (including phenoxy) is 1. The highest BCUT2D eigenvalue weighted by atomic mass is 79.9. The lowest BCUT2D eigenvalue weighted by Gasteiger charge is -2.05. The first kappa shape index (κ1) is 16.0. The van der Waals surface area contributed by atoms with Crippen molar-refractivity contribution < 1.29 is 13.6 Å². The summed E-state index contributed by atoms with van der Waals surface area (Å²) in [5.41, 5.74) is 0.962. The van der Waals surface area contributed by atoms with Crippen LogP contribution in [0.1, 0.15) is 11.5 Å². The second-order valence-electron chi connectivity index (χ2n) is 5.30. The molecule has 1 aromatic carbocycles. The normalized spacial score (nSPS) is 11.1. The zero-order valence-electron chi connectivity index (χ0n) is 13.0. The Balaban J connectivity index is 1.52. The third-order valence-corrected chi connectivity index (χ3v) is 5.15. The second-order valence-corrected chi connectivity index (χ2v) is 7.76. The zero-order valence-corrected chi connectivity index (χ0v) is 15.4. The summed E-state index contributed by atoms with van der Waals surface area (Å²) < 4.78 is 17.5. The number of thiophene rings is 1. The fourth-order valence-corrected chi connectivity index (χ4v) is 3.69. The van der Waals surface area contributed by atoms with Crippen molar-refractivity contribution in [3.8, 4) is 16.5 Å². The Morgan fingerprint density at radius 2 is 2.04 bits per heavy atom. The molecule has 0 amide bonds. The quantitative estimate of drug-likeness (QED) is 0.452. The molecular weight excluding hydrogens is 408 g/mol. The first-order chi connectivity index (χ1) is 12.1. The van der Waals surface area contributed by atoms with Crippen LogP contribution in [0.4, 0.5) is 0 Å². The Morgan fingerprint density at radius 1 is 1.16 bits per heavy atom. The molecular formula is C17H11BrN2O4S. The largest absolute Gasteiger partial charge is 0.484 e. The van der Waals surface area contributed by atoms with Crippen molar-refractivity contribution >= 4 is 38.2 Å². The number of fused-ring (bicyclic) bond motifs is 1. The topological polar surface area (TPSA) is 78.4 Å². The molecule has 3 aromatic heterocycles. The summed E-state index contributed by atoms with van der Waals surface area (Å²) in [6.45, 7) is 1.99. The van der Waals surface area contributed by atoms with Crippen LogP contribution in [-0.4, -0.2) is 10.2 Å². The van der Waals surface area contributed by atoms with Crippen molar-refractivity contribution in [3.05, 3.63) is 62.1 Å². The van der Waals surface area contributed by atoms with Gasteiger partial charge in [0.05, 0.1) is 8.66 Å². The highest BCUT2D eigenvalue weighted by Gasteiger charge is 2.11. The smallest absolute Gasteiger partial charge is 0.336 e. The van der Waals surface area contributed by atoms with Crippen LogP contribution < -0.4 is 10.4 Å². The summed E-state index contributed by atoms with van der Waals surface area (Å²) >= 11 is 4.91. The van der Waals surface area contributed by atoms with E-state index in [9.17, 15) is 4.79 Å². The van der Waals surface area contributed by atoms with Gasteiger partial charge >= 0.3 is 5.63 Å². The van der Waals surface area contributed by atoms with Crippen LogP contribution in [0.15, 0.2) is 53.8 Å². The van der Waals surface area contributed by atoms with Crippen molar-refractivity contribution in [2.24, 2.45) is 0 Å². The van der Waals surface area contributed by atoms with E-state index < -0.39 is 0 Å². The molecule has 0 aliphatic rings. The summed E-state index contributed by atoms with van der Waals surface area (Å²) in [5.74, 6) is 1.37. The average molecular weight is 419 g/mol. The van der Waals surface area contributed by atoms with Crippen LogP contribution in [0.25, 0.3) is 21.7 Å². The molecule has 0 fully saturated rings. The molecule has 0 N–H and O–H groups in total. The van der Waals surface area contributed by atoms with Crippen molar-refractivity contribution in [2.75, 3.05) is 0 Å². The Hall–Kier alpha value is -2.45. The van der Waals surface area contributed by atoms with Crippen molar-refractivity contribution in [3.63, 3.8) is 0 Å². The van der Waals surface area contributed by atoms with Crippen LogP contribution in [0.3, 0.4) is 0 Å². The SMILES string of the molecule is Cc1cc(=O)oc2cc(OCc3nnc(-c4ccc(Br)s4)o3)ccc12. The lowest BCUT2D eigenvalue weighted by Crippen LogP contribution is -1.99. The molecule has 0 radical (unpaired) electrons. The maximum Gasteiger partial charge on any atom is 0.336 e. The van der Waals surface area contributed by atoms with E-state index in [-0.39, 0.29) is 12.2 Å². The van der Waals surface area contributed by atoms with Crippen molar-refractivity contribution in [2.45, 2.75) is 13.5 Å². The highest BCUT2D eigenvalue weighted by molar-refractivity contribution is 9.11. The standard InChI is InChI=1S/C17H11BrN2O4S/c1-9-6-16(21)23-12-7-10(2-3-11(9)12)22-8-15-19-20-17(24-15)13-4-5-14(18)25-13/h2-7H,8H2,1H3. The molecule has 0 spiro atoms. The Bertz CT molecular complexity index is 1120. The third-order valence-electron chi connectivity index (χ3n) is 3.54. The van der Waals surface area contributed by atoms with Crippen molar-refractivity contribution in [1.82, 2.24) is 10.2 Å². The summed E-state index contributed by atoms with van der Waals surface area (Å²) in [6, 6.07) is 10.6. The van der Waals surface area contributed by atoms with E-state index in [4.69, 9.17) is 13.6 Å². The maximum atomic E-state index is 11.5. The number of rotatable bonds is 4. The minimum Gasteiger partial charge on any atom is -0.484 e. The fraction of sp³-hybridized carbons (Fsp3) is 0.118. The monoisotopic (exact) mass is 418 g/mol. The summed E-state index contributed by atoms with van der Waals surface area (Å²) in [6.07, 6.45) is 0. The molecule has 0 unspecified atom stereocenters. The van der Waals surface area contributed by atoms with E-state index >= 15 is 0 Å². The number of nitrogens with zero attached hydrogens (tertiary/aromatic N) is 2. The van der Waals surface area contributed by atoms with Gasteiger partial charge in [-0.1, -0.05) is 0 Å². The minimum absolute atomic E-state index is 0.126. The molecule has 0 aliphatic heterocycles. The second kappa shape index (κ2) is 6.45. The summed E-state index contributed by atoms with van der Waals surface area (Å²) in [4.78, 5) is 12.4. The first-order valence-electron chi connectivity index (χ1n) is 7.34. The van der Waals surface area contributed by atoms with E-state index in [0.717, 1.165) is 19.6 Å². The Kier molecular flexibility index (Phi) is 4.14. The minimum atomic E-state index is -0.384. The predicted molar refractivity (Wildman–Crippen MR) is 96.9 cm³/mol. The lowest BCUT2D eigenvalue weighted by atomic mass is 10.1. The molecule has 8 heteroatoms. The van der Waals surface area contributed by atoms with Gasteiger partial charge in [-0.2, -0.15) is 0 Å². The van der Waals surface area contributed by atoms with Crippen LogP contribution in [0.2, 0.25) is 0 Å². The first-order valence-corrected chi connectivity index (χ1v) is 8.95. The molecule has 0 saturated carbocycles. The van der Waals surface area contributed by atoms with Crippen LogP contribution in [0, 0.1) is 6.92 Å². The van der Waals surface area contributed by atoms with E-state index in [1.165, 1.54) is 17.4 Å². The number of aromatic nitrogens is 2. The van der Waals surface area contributed by atoms with Gasteiger partial charge in [0.1, 0.15) is 11.3 Å². The Morgan fingerprint density at radius 3 is 2.84 bits per heavy atom. The fourth-order valence-electron chi connectivity index (χ4n) is 2.38. The van der Waals surface area contributed by atoms with E-state index in [1.807, 2.05) is 31.2 Å². The number of halogens is 1. The summed E-state index contributed by atoms with van der Waals surface area (Å²) in [5, 5.41) is 8.87. The highest BCUT2D eigenvalue weighted by Crippen LogP contribution is 2.30. The van der Waals surface area contributed by atoms with E-state index in [1.54, 1.807) is 6.07 Å². The van der Waals surface area contributed by atoms with Gasteiger partial charge in [0, 0.05) is 17.5 Å². The number of hydrogen-bond acceptors (Lipinski definition) is 7. The number of aryl methyl sites for hydroxylation is 1. The van der Waals surface area contributed by atoms with Gasteiger partial charge in [0.25, 0.3) is 11.8 Å². The molecule has 126 valence electrons. The van der Waals surface area contributed by atoms with Crippen molar-refractivity contribution in [1.29, 1.82) is 0 Å². The molecule has 0 aliphatic carbocycles. The van der Waals surface area contributed by atoms with Gasteiger partial charge in [0.2, 0.25) is 0 Å². The molecule has 0 saturated heterocycles. The molecule has 0 bridgehead atoms. The van der Waals surface area contributed by atoms with Crippen LogP contribution in [0.5, 0.6) is 5.75 Å². The van der Waals surface area contributed by atoms with Gasteiger partial charge in [-0.05, 0) is 52.7 Å². The molecule has 3 heterocycles. The molecule has 6 nitrogen and oxygen atoms in total. The Labute approximate surface area is 154 Å². The maximum absolute atomic E-state index is 11.5. The van der Waals surface area contributed by atoms with Gasteiger partial charge in [-0.25, -0.2) is 4.79 Å². The summed E-state index contributed by atoms with van der Waals surface area (Å²) in [7, 11) is 0. The molecule has 0 atom stereocenters. The number of benzene rings is 1. The molecule has 4 rings (SSSR count). The van der Waals surface area contributed by atoms with Gasteiger partial charge < -0.3 is 13.6 Å². The van der Waals surface area contributed by atoms with Crippen LogP contribution in [-0.2, 0) is 6.61 Å². The predicted octanol–water partition coefficient (Wildman–Crippen LogP) is 4.55. The van der Waals surface area contributed by atoms with Gasteiger partial charge in [0.15, 0.2) is 6.61 Å². The molecule has 4 aromatic rings. The molecule has 25 heavy (non-hydrogen) atoms. The number of hydrogen-bond donors (Lipinski definition) is 0. The average Bonchev–Trinajstić information content (AvgIpc) is 3.21. The van der Waals surface area contributed by atoms with E-state index in [0.29, 0.717) is 23.1 Å². The third kappa shape index (κ3) is 3.35. The lowest BCUT2D eigenvalue weighted by molar-refractivity contribution is 0.264. The van der Waals surface area contributed by atoms with Crippen LogP contribution >= 0.6 is 27.3 Å². The van der Waals surface area contributed by atoms with E-state index in [2.05, 4.69) is 26.1 Å². The zero-order chi connectivity index (χ0) is 17.4. The van der Waals surface area contributed by atoms with Gasteiger partial charge in [-0.3, -0.25) is 0 Å². The van der Waals surface area contributed by atoms with Gasteiger partial charge in [-0.15, -0.1) is 21.5 Å².